The van der Waals surface area contributed by atoms with Gasteiger partial charge >= 0.3 is 6.03 Å². The van der Waals surface area contributed by atoms with Crippen LogP contribution in [-0.4, -0.2) is 29.0 Å². The summed E-state index contributed by atoms with van der Waals surface area (Å²) < 4.78 is 0. The maximum Gasteiger partial charge on any atom is 0.336 e. The quantitative estimate of drug-likeness (QED) is 0.614. The van der Waals surface area contributed by atoms with Crippen LogP contribution in [0.25, 0.3) is 0 Å². The third-order valence-electron chi connectivity index (χ3n) is 1.80. The Morgan fingerprint density at radius 2 is 2.31 bits per heavy atom. The Bertz CT molecular complexity index is 227. The minimum absolute atomic E-state index is 0.0637. The molecule has 0 bridgehead atoms. The van der Waals surface area contributed by atoms with Crippen molar-refractivity contribution in [2.24, 2.45) is 0 Å². The maximum absolute atomic E-state index is 11.4. The summed E-state index contributed by atoms with van der Waals surface area (Å²) in [5.41, 5.74) is 2.49. The summed E-state index contributed by atoms with van der Waals surface area (Å²) in [6, 6.07) is -0.225. The van der Waals surface area contributed by atoms with Crippen LogP contribution < -0.4 is 10.7 Å². The second-order valence-electron chi connectivity index (χ2n) is 3.56. The van der Waals surface area contributed by atoms with Crippen LogP contribution in [0.3, 0.4) is 0 Å². The zero-order valence-corrected chi connectivity index (χ0v) is 8.13. The van der Waals surface area contributed by atoms with Crippen LogP contribution in [0.1, 0.15) is 27.2 Å². The Morgan fingerprint density at radius 3 is 2.69 bits per heavy atom. The van der Waals surface area contributed by atoms with Gasteiger partial charge in [-0.1, -0.05) is 0 Å². The molecular weight excluding hydrogens is 170 g/mol. The van der Waals surface area contributed by atoms with Crippen molar-refractivity contribution < 1.29 is 9.59 Å². The van der Waals surface area contributed by atoms with Crippen molar-refractivity contribution in [3.8, 4) is 0 Å². The number of urea groups is 1. The van der Waals surface area contributed by atoms with Gasteiger partial charge in [-0.15, -0.1) is 0 Å². The van der Waals surface area contributed by atoms with Crippen molar-refractivity contribution in [2.45, 2.75) is 39.3 Å². The molecule has 1 unspecified atom stereocenters. The average Bonchev–Trinajstić information content (AvgIpc) is 2.28. The largest absolute Gasteiger partial charge is 0.336 e. The molecule has 1 fully saturated rings. The van der Waals surface area contributed by atoms with Gasteiger partial charge in [0.1, 0.15) is 0 Å². The molecule has 0 spiro atoms. The summed E-state index contributed by atoms with van der Waals surface area (Å²) in [6.07, 6.45) is 0.380. The van der Waals surface area contributed by atoms with Crippen LogP contribution in [0.4, 0.5) is 4.79 Å². The van der Waals surface area contributed by atoms with E-state index < -0.39 is 0 Å². The van der Waals surface area contributed by atoms with E-state index in [0.717, 1.165) is 0 Å². The number of hydrazine groups is 1. The predicted octanol–water partition coefficient (Wildman–Crippen LogP) is 0.230. The molecule has 1 rings (SSSR count). The standard InChI is InChI=1S/C8H15N3O2/c1-5(2)9-8(13)11-6(3)4-7(12)10-11/h5-6H,4H2,1-3H3,(H,9,13)(H,10,12). The summed E-state index contributed by atoms with van der Waals surface area (Å²) >= 11 is 0. The van der Waals surface area contributed by atoms with E-state index in [2.05, 4.69) is 10.7 Å². The lowest BCUT2D eigenvalue weighted by Gasteiger charge is -2.21. The van der Waals surface area contributed by atoms with Crippen molar-refractivity contribution >= 4 is 11.9 Å². The first-order chi connectivity index (χ1) is 6.00. The van der Waals surface area contributed by atoms with E-state index in [-0.39, 0.29) is 24.0 Å². The molecule has 0 aliphatic carbocycles. The zero-order chi connectivity index (χ0) is 10.0. The van der Waals surface area contributed by atoms with Crippen LogP contribution in [-0.2, 0) is 4.79 Å². The van der Waals surface area contributed by atoms with Gasteiger partial charge in [0, 0.05) is 6.04 Å². The summed E-state index contributed by atoms with van der Waals surface area (Å²) in [4.78, 5) is 22.3. The summed E-state index contributed by atoms with van der Waals surface area (Å²) in [5, 5.41) is 4.04. The summed E-state index contributed by atoms with van der Waals surface area (Å²) in [5.74, 6) is -0.105. The molecule has 1 heterocycles. The Hall–Kier alpha value is -1.26. The van der Waals surface area contributed by atoms with Crippen LogP contribution in [0.15, 0.2) is 0 Å². The molecule has 1 saturated heterocycles. The second-order valence-corrected chi connectivity index (χ2v) is 3.56. The summed E-state index contributed by atoms with van der Waals surface area (Å²) in [6.45, 7) is 5.58. The lowest BCUT2D eigenvalue weighted by Crippen LogP contribution is -2.49. The smallest absolute Gasteiger partial charge is 0.334 e. The summed E-state index contributed by atoms with van der Waals surface area (Å²) in [7, 11) is 0. The molecule has 5 nitrogen and oxygen atoms in total. The van der Waals surface area contributed by atoms with Crippen molar-refractivity contribution in [1.29, 1.82) is 0 Å². The fourth-order valence-corrected chi connectivity index (χ4v) is 1.22. The number of carbonyl (C=O) groups excluding carboxylic acids is 2. The number of amides is 3. The number of hydrogen-bond acceptors (Lipinski definition) is 2. The van der Waals surface area contributed by atoms with E-state index in [1.54, 1.807) is 0 Å². The lowest BCUT2D eigenvalue weighted by molar-refractivity contribution is -0.120. The molecule has 5 heteroatoms. The molecule has 1 aliphatic rings. The van der Waals surface area contributed by atoms with Crippen molar-refractivity contribution in [3.63, 3.8) is 0 Å². The first-order valence-corrected chi connectivity index (χ1v) is 4.40. The number of nitrogens with one attached hydrogen (secondary N) is 2. The SMILES string of the molecule is CC(C)NC(=O)N1NC(=O)CC1C. The van der Waals surface area contributed by atoms with E-state index in [9.17, 15) is 9.59 Å². The number of rotatable bonds is 1. The van der Waals surface area contributed by atoms with Gasteiger partial charge in [0.05, 0.1) is 12.5 Å². The zero-order valence-electron chi connectivity index (χ0n) is 8.13. The fourth-order valence-electron chi connectivity index (χ4n) is 1.22. The van der Waals surface area contributed by atoms with Gasteiger partial charge in [0.25, 0.3) is 0 Å². The first kappa shape index (κ1) is 9.83. The van der Waals surface area contributed by atoms with Gasteiger partial charge in [-0.2, -0.15) is 0 Å². The Labute approximate surface area is 77.4 Å². The Kier molecular flexibility index (Phi) is 2.75. The van der Waals surface area contributed by atoms with Crippen molar-refractivity contribution in [1.82, 2.24) is 15.8 Å². The number of nitrogens with zero attached hydrogens (tertiary/aromatic N) is 1. The molecule has 1 atom stereocenters. The first-order valence-electron chi connectivity index (χ1n) is 4.40. The molecular formula is C8H15N3O2. The van der Waals surface area contributed by atoms with E-state index in [1.165, 1.54) is 5.01 Å². The Morgan fingerprint density at radius 1 is 1.69 bits per heavy atom. The van der Waals surface area contributed by atoms with Gasteiger partial charge in [-0.05, 0) is 20.8 Å². The molecule has 3 amide bonds. The van der Waals surface area contributed by atoms with Crippen LogP contribution >= 0.6 is 0 Å². The highest BCUT2D eigenvalue weighted by molar-refractivity contribution is 5.85. The van der Waals surface area contributed by atoms with Gasteiger partial charge in [-0.3, -0.25) is 10.2 Å². The second kappa shape index (κ2) is 3.64. The molecule has 74 valence electrons. The average molecular weight is 185 g/mol. The minimum atomic E-state index is -0.242. The normalized spacial score (nSPS) is 22.0. The van der Waals surface area contributed by atoms with E-state index in [4.69, 9.17) is 0 Å². The number of carbonyl (C=O) groups is 2. The van der Waals surface area contributed by atoms with Crippen molar-refractivity contribution in [2.75, 3.05) is 0 Å². The van der Waals surface area contributed by atoms with Gasteiger partial charge in [0.15, 0.2) is 0 Å². The highest BCUT2D eigenvalue weighted by Crippen LogP contribution is 2.08. The van der Waals surface area contributed by atoms with Crippen molar-refractivity contribution in [3.05, 3.63) is 0 Å². The highest BCUT2D eigenvalue weighted by Gasteiger charge is 2.30. The van der Waals surface area contributed by atoms with Gasteiger partial charge < -0.3 is 5.32 Å². The third-order valence-corrected chi connectivity index (χ3v) is 1.80. The highest BCUT2D eigenvalue weighted by atomic mass is 16.2. The molecule has 2 N–H and O–H groups in total. The third kappa shape index (κ3) is 2.34. The van der Waals surface area contributed by atoms with Gasteiger partial charge in [0.2, 0.25) is 5.91 Å². The molecule has 0 aromatic carbocycles. The molecule has 0 saturated carbocycles. The molecule has 0 aromatic rings. The number of hydrogen-bond donors (Lipinski definition) is 2. The minimum Gasteiger partial charge on any atom is -0.334 e. The lowest BCUT2D eigenvalue weighted by atomic mass is 10.2. The van der Waals surface area contributed by atoms with E-state index in [1.807, 2.05) is 20.8 Å². The molecule has 0 radical (unpaired) electrons. The van der Waals surface area contributed by atoms with Gasteiger partial charge in [-0.25, -0.2) is 9.80 Å². The maximum atomic E-state index is 11.4. The van der Waals surface area contributed by atoms with Crippen LogP contribution in [0.5, 0.6) is 0 Å². The topological polar surface area (TPSA) is 61.4 Å². The predicted molar refractivity (Wildman–Crippen MR) is 47.7 cm³/mol. The molecule has 13 heavy (non-hydrogen) atoms. The van der Waals surface area contributed by atoms with Crippen LogP contribution in [0.2, 0.25) is 0 Å². The van der Waals surface area contributed by atoms with Crippen LogP contribution in [0, 0.1) is 0 Å². The van der Waals surface area contributed by atoms with E-state index >= 15 is 0 Å². The fraction of sp³-hybridized carbons (Fsp3) is 0.750. The molecule has 0 aromatic heterocycles. The monoisotopic (exact) mass is 185 g/mol. The Balaban J connectivity index is 2.52. The molecule has 1 aliphatic heterocycles. The van der Waals surface area contributed by atoms with E-state index in [0.29, 0.717) is 6.42 Å².